The first kappa shape index (κ1) is 17.6. The predicted octanol–water partition coefficient (Wildman–Crippen LogP) is 4.00. The maximum atomic E-state index is 13.6. The molecule has 2 rings (SSSR count). The Morgan fingerprint density at radius 2 is 1.83 bits per heavy atom. The van der Waals surface area contributed by atoms with Crippen LogP contribution in [0, 0.1) is 17.5 Å². The van der Waals surface area contributed by atoms with E-state index in [0.29, 0.717) is 11.1 Å². The van der Waals surface area contributed by atoms with Gasteiger partial charge in [-0.05, 0) is 48.4 Å². The van der Waals surface area contributed by atoms with Crippen molar-refractivity contribution in [1.29, 1.82) is 0 Å². The third-order valence-corrected chi connectivity index (χ3v) is 3.41. The first-order valence-electron chi connectivity index (χ1n) is 7.17. The van der Waals surface area contributed by atoms with Gasteiger partial charge in [-0.25, -0.2) is 13.2 Å². The summed E-state index contributed by atoms with van der Waals surface area (Å²) in [5, 5.41) is 2.62. The normalized spacial score (nSPS) is 12.2. The van der Waals surface area contributed by atoms with E-state index < -0.39 is 29.4 Å². The van der Waals surface area contributed by atoms with E-state index in [9.17, 15) is 18.0 Å². The Hall–Kier alpha value is -2.76. The summed E-state index contributed by atoms with van der Waals surface area (Å²) >= 11 is 0. The highest BCUT2D eigenvalue weighted by molar-refractivity contribution is 5.92. The predicted molar refractivity (Wildman–Crippen MR) is 84.9 cm³/mol. The van der Waals surface area contributed by atoms with E-state index in [-0.39, 0.29) is 5.75 Å². The molecule has 0 aromatic heterocycles. The number of halogens is 3. The van der Waals surface area contributed by atoms with Gasteiger partial charge in [-0.15, -0.1) is 0 Å². The van der Waals surface area contributed by atoms with Crippen LogP contribution in [0.3, 0.4) is 0 Å². The highest BCUT2D eigenvalue weighted by Crippen LogP contribution is 2.19. The minimum atomic E-state index is -0.974. The SMILES string of the molecule is COc1ccc(/C=C/C(=O)NC(C)c2ccc(F)c(F)c2)cc1F. The molecule has 1 unspecified atom stereocenters. The smallest absolute Gasteiger partial charge is 0.244 e. The molecule has 0 aliphatic rings. The molecule has 2 aromatic carbocycles. The van der Waals surface area contributed by atoms with Gasteiger partial charge in [0, 0.05) is 6.08 Å². The first-order valence-corrected chi connectivity index (χ1v) is 7.17. The molecular formula is C18H16F3NO2. The average Bonchev–Trinajstić information content (AvgIpc) is 2.55. The Balaban J connectivity index is 2.01. The van der Waals surface area contributed by atoms with Gasteiger partial charge in [-0.1, -0.05) is 12.1 Å². The van der Waals surface area contributed by atoms with E-state index in [0.717, 1.165) is 12.1 Å². The second-order valence-corrected chi connectivity index (χ2v) is 5.13. The number of carbonyl (C=O) groups excluding carboxylic acids is 1. The van der Waals surface area contributed by atoms with E-state index in [1.807, 2.05) is 0 Å². The molecule has 0 aliphatic carbocycles. The van der Waals surface area contributed by atoms with Crippen LogP contribution in [-0.2, 0) is 4.79 Å². The third kappa shape index (κ3) is 4.38. The largest absolute Gasteiger partial charge is 0.494 e. The van der Waals surface area contributed by atoms with Crippen LogP contribution < -0.4 is 10.1 Å². The van der Waals surface area contributed by atoms with Gasteiger partial charge in [0.15, 0.2) is 23.2 Å². The van der Waals surface area contributed by atoms with Gasteiger partial charge >= 0.3 is 0 Å². The lowest BCUT2D eigenvalue weighted by Crippen LogP contribution is -2.24. The van der Waals surface area contributed by atoms with Gasteiger partial charge in [0.05, 0.1) is 13.2 Å². The van der Waals surface area contributed by atoms with Gasteiger partial charge in [0.1, 0.15) is 0 Å². The maximum absolute atomic E-state index is 13.6. The van der Waals surface area contributed by atoms with Gasteiger partial charge in [-0.2, -0.15) is 0 Å². The van der Waals surface area contributed by atoms with Gasteiger partial charge in [0.2, 0.25) is 5.91 Å². The van der Waals surface area contributed by atoms with Crippen LogP contribution in [0.25, 0.3) is 6.08 Å². The summed E-state index contributed by atoms with van der Waals surface area (Å²) in [6.07, 6.45) is 2.67. The summed E-state index contributed by atoms with van der Waals surface area (Å²) in [4.78, 5) is 11.9. The lowest BCUT2D eigenvalue weighted by atomic mass is 10.1. The lowest BCUT2D eigenvalue weighted by Gasteiger charge is -2.13. The molecule has 2 aromatic rings. The lowest BCUT2D eigenvalue weighted by molar-refractivity contribution is -0.117. The molecule has 24 heavy (non-hydrogen) atoms. The van der Waals surface area contributed by atoms with E-state index >= 15 is 0 Å². The summed E-state index contributed by atoms with van der Waals surface area (Å²) < 4.78 is 44.5. The highest BCUT2D eigenvalue weighted by atomic mass is 19.2. The molecule has 0 fully saturated rings. The molecule has 126 valence electrons. The number of rotatable bonds is 5. The number of methoxy groups -OCH3 is 1. The topological polar surface area (TPSA) is 38.3 Å². The van der Waals surface area contributed by atoms with Gasteiger partial charge < -0.3 is 10.1 Å². The minimum absolute atomic E-state index is 0.114. The zero-order chi connectivity index (χ0) is 17.7. The Bertz CT molecular complexity index is 775. The molecule has 1 N–H and O–H groups in total. The van der Waals surface area contributed by atoms with Crippen molar-refractivity contribution in [3.63, 3.8) is 0 Å². The number of hydrogen-bond acceptors (Lipinski definition) is 2. The molecule has 1 atom stereocenters. The summed E-state index contributed by atoms with van der Waals surface area (Å²) in [6, 6.07) is 7.21. The fourth-order valence-corrected chi connectivity index (χ4v) is 2.08. The Morgan fingerprint density at radius 1 is 1.08 bits per heavy atom. The quantitative estimate of drug-likeness (QED) is 0.839. The van der Waals surface area contributed by atoms with Crippen molar-refractivity contribution in [2.75, 3.05) is 7.11 Å². The Morgan fingerprint density at radius 3 is 2.46 bits per heavy atom. The third-order valence-electron chi connectivity index (χ3n) is 3.41. The van der Waals surface area contributed by atoms with E-state index in [1.54, 1.807) is 13.0 Å². The zero-order valence-electron chi connectivity index (χ0n) is 13.1. The first-order chi connectivity index (χ1) is 11.4. The van der Waals surface area contributed by atoms with Crippen LogP contribution in [-0.4, -0.2) is 13.0 Å². The molecule has 1 amide bonds. The number of amides is 1. The molecule has 0 saturated carbocycles. The fraction of sp³-hybridized carbons (Fsp3) is 0.167. The summed E-state index contributed by atoms with van der Waals surface area (Å²) in [5.41, 5.74) is 0.926. The van der Waals surface area contributed by atoms with Crippen LogP contribution in [0.5, 0.6) is 5.75 Å². The molecule has 0 saturated heterocycles. The molecule has 0 radical (unpaired) electrons. The molecular weight excluding hydrogens is 319 g/mol. The van der Waals surface area contributed by atoms with Crippen LogP contribution >= 0.6 is 0 Å². The fourth-order valence-electron chi connectivity index (χ4n) is 2.08. The van der Waals surface area contributed by atoms with Crippen molar-refractivity contribution < 1.29 is 22.7 Å². The monoisotopic (exact) mass is 335 g/mol. The average molecular weight is 335 g/mol. The minimum Gasteiger partial charge on any atom is -0.494 e. The molecule has 0 heterocycles. The molecule has 3 nitrogen and oxygen atoms in total. The van der Waals surface area contributed by atoms with Crippen LogP contribution in [0.2, 0.25) is 0 Å². The van der Waals surface area contributed by atoms with E-state index in [1.165, 1.54) is 37.5 Å². The second kappa shape index (κ2) is 7.68. The van der Waals surface area contributed by atoms with Crippen LogP contribution in [0.1, 0.15) is 24.1 Å². The summed E-state index contributed by atoms with van der Waals surface area (Å²) in [6.45, 7) is 1.64. The van der Waals surface area contributed by atoms with Crippen LogP contribution in [0.15, 0.2) is 42.5 Å². The molecule has 6 heteroatoms. The number of benzene rings is 2. The second-order valence-electron chi connectivity index (χ2n) is 5.13. The number of ether oxygens (including phenoxy) is 1. The van der Waals surface area contributed by atoms with Crippen molar-refractivity contribution >= 4 is 12.0 Å². The zero-order valence-corrected chi connectivity index (χ0v) is 13.1. The summed E-state index contributed by atoms with van der Waals surface area (Å²) in [7, 11) is 1.36. The van der Waals surface area contributed by atoms with Gasteiger partial charge in [0.25, 0.3) is 0 Å². The van der Waals surface area contributed by atoms with Crippen LogP contribution in [0.4, 0.5) is 13.2 Å². The Kier molecular flexibility index (Phi) is 5.63. The maximum Gasteiger partial charge on any atom is 0.244 e. The summed E-state index contributed by atoms with van der Waals surface area (Å²) in [5.74, 6) is -2.78. The molecule has 0 aliphatic heterocycles. The number of hydrogen-bond donors (Lipinski definition) is 1. The highest BCUT2D eigenvalue weighted by Gasteiger charge is 2.10. The van der Waals surface area contributed by atoms with E-state index in [2.05, 4.69) is 5.32 Å². The number of nitrogens with one attached hydrogen (secondary N) is 1. The number of carbonyl (C=O) groups is 1. The Labute approximate surface area is 137 Å². The standard InChI is InChI=1S/C18H16F3NO2/c1-11(13-5-6-14(19)15(20)10-13)22-18(23)8-4-12-3-7-17(24-2)16(21)9-12/h3-11H,1-2H3,(H,22,23)/b8-4+. The van der Waals surface area contributed by atoms with E-state index in [4.69, 9.17) is 4.74 Å². The van der Waals surface area contributed by atoms with Crippen molar-refractivity contribution in [1.82, 2.24) is 5.32 Å². The molecule has 0 spiro atoms. The van der Waals surface area contributed by atoms with Crippen molar-refractivity contribution in [2.24, 2.45) is 0 Å². The van der Waals surface area contributed by atoms with Gasteiger partial charge in [-0.3, -0.25) is 4.79 Å². The molecule has 0 bridgehead atoms. The van der Waals surface area contributed by atoms with Crippen molar-refractivity contribution in [3.8, 4) is 5.75 Å². The van der Waals surface area contributed by atoms with Crippen molar-refractivity contribution in [3.05, 3.63) is 71.1 Å². The van der Waals surface area contributed by atoms with Crippen molar-refractivity contribution in [2.45, 2.75) is 13.0 Å².